The van der Waals surface area contributed by atoms with Crippen LogP contribution >= 0.6 is 11.3 Å². The van der Waals surface area contributed by atoms with Crippen molar-refractivity contribution < 1.29 is 17.9 Å². The van der Waals surface area contributed by atoms with E-state index < -0.39 is 16.1 Å². The van der Waals surface area contributed by atoms with Crippen LogP contribution in [0, 0.1) is 0 Å². The molecule has 0 saturated heterocycles. The van der Waals surface area contributed by atoms with Crippen LogP contribution in [0.1, 0.15) is 60.2 Å². The molecule has 5 rings (SSSR count). The number of thiazole rings is 1. The van der Waals surface area contributed by atoms with E-state index in [1.54, 1.807) is 23.5 Å². The third-order valence-corrected chi connectivity index (χ3v) is 9.61. The zero-order valence-electron chi connectivity index (χ0n) is 19.4. The molecular weight excluding hydrogens is 502 g/mol. The highest BCUT2D eigenvalue weighted by atomic mass is 32.2. The molecule has 36 heavy (non-hydrogen) atoms. The van der Waals surface area contributed by atoms with Crippen molar-refractivity contribution >= 4 is 38.9 Å². The van der Waals surface area contributed by atoms with E-state index in [1.165, 1.54) is 12.3 Å². The Kier molecular flexibility index (Phi) is 6.80. The number of carbonyl (C=O) groups is 1. The molecule has 4 N–H and O–H groups in total. The number of allylic oxidation sites excluding steroid dienone is 3. The molecule has 0 spiro atoms. The van der Waals surface area contributed by atoms with Gasteiger partial charge in [-0.05, 0) is 56.7 Å². The number of hydrogen-bond acceptors (Lipinski definition) is 8. The van der Waals surface area contributed by atoms with E-state index in [2.05, 4.69) is 19.7 Å². The maximum absolute atomic E-state index is 12.8. The predicted octanol–water partition coefficient (Wildman–Crippen LogP) is 3.34. The first kappa shape index (κ1) is 24.4. The van der Waals surface area contributed by atoms with Crippen LogP contribution < -0.4 is 16.0 Å². The smallest absolute Gasteiger partial charge is 0.404 e. The molecule has 190 valence electrons. The Morgan fingerprint density at radius 2 is 1.97 bits per heavy atom. The van der Waals surface area contributed by atoms with Crippen LogP contribution in [0.3, 0.4) is 0 Å². The van der Waals surface area contributed by atoms with Gasteiger partial charge in [0.2, 0.25) is 15.6 Å². The van der Waals surface area contributed by atoms with E-state index in [0.29, 0.717) is 29.9 Å². The average molecular weight is 530 g/mol. The van der Waals surface area contributed by atoms with Crippen molar-refractivity contribution in [3.8, 4) is 0 Å². The second-order valence-corrected chi connectivity index (χ2v) is 12.3. The van der Waals surface area contributed by atoms with Gasteiger partial charge in [-0.15, -0.1) is 11.3 Å². The van der Waals surface area contributed by atoms with Crippen molar-refractivity contribution in [3.05, 3.63) is 68.7 Å². The minimum Gasteiger partial charge on any atom is -0.446 e. The predicted molar refractivity (Wildman–Crippen MR) is 137 cm³/mol. The number of nitrogens with zero attached hydrogens (tertiary/aromatic N) is 2. The number of carbonyl (C=O) groups excluding carboxylic acids is 1. The number of sulfonamides is 1. The number of amides is 1. The van der Waals surface area contributed by atoms with Crippen molar-refractivity contribution in [3.63, 3.8) is 0 Å². The fraction of sp³-hybridized carbons (Fsp3) is 0.417. The topological polar surface area (TPSA) is 157 Å². The quantitative estimate of drug-likeness (QED) is 0.499. The number of nitrogens with two attached hydrogens (primary N) is 1. The number of ether oxygens (including phenoxy) is 1. The second-order valence-electron chi connectivity index (χ2n) is 9.24. The number of hydrogen-bond donors (Lipinski definition) is 3. The van der Waals surface area contributed by atoms with E-state index in [9.17, 15) is 18.0 Å². The second kappa shape index (κ2) is 10.0. The summed E-state index contributed by atoms with van der Waals surface area (Å²) in [7, 11) is -3.48. The molecule has 0 aromatic carbocycles. The van der Waals surface area contributed by atoms with Crippen LogP contribution in [-0.2, 0) is 14.8 Å². The molecule has 1 amide bonds. The number of H-pyrrole nitrogens is 1. The maximum atomic E-state index is 12.8. The fourth-order valence-electron chi connectivity index (χ4n) is 4.48. The van der Waals surface area contributed by atoms with Crippen LogP contribution in [0.4, 0.5) is 10.5 Å². The lowest BCUT2D eigenvalue weighted by Gasteiger charge is -2.26. The van der Waals surface area contributed by atoms with Crippen molar-refractivity contribution in [2.24, 2.45) is 10.7 Å². The molecule has 1 atom stereocenters. The molecule has 3 aliphatic carbocycles. The van der Waals surface area contributed by atoms with Gasteiger partial charge in [0.05, 0.1) is 27.6 Å². The summed E-state index contributed by atoms with van der Waals surface area (Å²) in [6.07, 6.45) is 12.4. The Morgan fingerprint density at radius 1 is 1.19 bits per heavy atom. The number of aromatic amines is 1. The maximum Gasteiger partial charge on any atom is 0.404 e. The van der Waals surface area contributed by atoms with Crippen molar-refractivity contribution in [2.75, 3.05) is 0 Å². The largest absolute Gasteiger partial charge is 0.446 e. The molecule has 2 aromatic rings. The molecule has 2 aromatic heterocycles. The highest BCUT2D eigenvalue weighted by molar-refractivity contribution is 7.90. The molecule has 3 aliphatic rings. The number of aromatic nitrogens is 2. The van der Waals surface area contributed by atoms with Crippen LogP contribution in [0.2, 0.25) is 0 Å². The van der Waals surface area contributed by atoms with Gasteiger partial charge in [0.15, 0.2) is 0 Å². The van der Waals surface area contributed by atoms with Gasteiger partial charge in [0.1, 0.15) is 6.10 Å². The highest BCUT2D eigenvalue weighted by Crippen LogP contribution is 2.40. The lowest BCUT2D eigenvalue weighted by atomic mass is 9.88. The molecule has 2 heterocycles. The zero-order valence-corrected chi connectivity index (χ0v) is 21.1. The Hall–Kier alpha value is -3.25. The van der Waals surface area contributed by atoms with Crippen molar-refractivity contribution in [2.45, 2.75) is 61.7 Å². The first-order chi connectivity index (χ1) is 17.3. The summed E-state index contributed by atoms with van der Waals surface area (Å²) < 4.78 is 33.5. The monoisotopic (exact) mass is 529 g/mol. The summed E-state index contributed by atoms with van der Waals surface area (Å²) in [5.41, 5.74) is 6.58. The molecule has 2 saturated carbocycles. The van der Waals surface area contributed by atoms with Gasteiger partial charge < -0.3 is 15.5 Å². The Balaban J connectivity index is 1.37. The lowest BCUT2D eigenvalue weighted by Crippen LogP contribution is -2.30. The third-order valence-electron chi connectivity index (χ3n) is 6.50. The Morgan fingerprint density at radius 3 is 2.64 bits per heavy atom. The number of primary amides is 1. The van der Waals surface area contributed by atoms with Gasteiger partial charge in [-0.1, -0.05) is 6.08 Å². The van der Waals surface area contributed by atoms with Crippen LogP contribution in [0.15, 0.2) is 58.2 Å². The molecule has 0 radical (unpaired) electrons. The normalized spacial score (nSPS) is 25.4. The van der Waals surface area contributed by atoms with Gasteiger partial charge >= 0.3 is 6.09 Å². The van der Waals surface area contributed by atoms with Gasteiger partial charge in [0.25, 0.3) is 0 Å². The highest BCUT2D eigenvalue weighted by Gasteiger charge is 2.37. The fourth-order valence-corrected chi connectivity index (χ4v) is 7.10. The minimum absolute atomic E-state index is 0.147. The van der Waals surface area contributed by atoms with Gasteiger partial charge in [-0.3, -0.25) is 9.52 Å². The van der Waals surface area contributed by atoms with Crippen LogP contribution in [0.5, 0.6) is 0 Å². The molecule has 2 fully saturated rings. The van der Waals surface area contributed by atoms with Crippen molar-refractivity contribution in [1.29, 1.82) is 0 Å². The van der Waals surface area contributed by atoms with Gasteiger partial charge in [0, 0.05) is 35.0 Å². The van der Waals surface area contributed by atoms with E-state index >= 15 is 0 Å². The van der Waals surface area contributed by atoms with E-state index in [1.807, 2.05) is 18.3 Å². The number of pyridine rings is 1. The SMILES string of the molecule is NC(=O)OC1CCC(c2ncc(C3C=CC(=Nc4ccc(=O)[nH]c4)C=C3NS(=O)(=O)C3CC3)s2)CC1. The standard InChI is InChI=1S/C24H27N5O5S2/c25-24(31)34-17-5-1-14(2-6-17)23-27-13-21(35-23)19-9-3-15(28-16-4-10-22(30)26-12-16)11-20(19)29-36(32,33)18-7-8-18/h3-4,9-14,17-19,29H,1-2,5-8H2,(H2,25,31)(H,26,30). The molecule has 0 bridgehead atoms. The summed E-state index contributed by atoms with van der Waals surface area (Å²) in [5.74, 6) is -0.0363. The summed E-state index contributed by atoms with van der Waals surface area (Å²) >= 11 is 1.57. The molecule has 12 heteroatoms. The van der Waals surface area contributed by atoms with Gasteiger partial charge in [-0.2, -0.15) is 0 Å². The third kappa shape index (κ3) is 5.76. The van der Waals surface area contributed by atoms with Crippen LogP contribution in [0.25, 0.3) is 0 Å². The minimum atomic E-state index is -3.48. The van der Waals surface area contributed by atoms with Crippen LogP contribution in [-0.4, -0.2) is 41.5 Å². The summed E-state index contributed by atoms with van der Waals surface area (Å²) in [4.78, 5) is 35.1. The molecule has 1 unspecified atom stereocenters. The first-order valence-electron chi connectivity index (χ1n) is 11.9. The Bertz CT molecular complexity index is 1380. The van der Waals surface area contributed by atoms with Gasteiger partial charge in [-0.25, -0.2) is 23.2 Å². The lowest BCUT2D eigenvalue weighted by molar-refractivity contribution is 0.0787. The number of nitrogens with one attached hydrogen (secondary N) is 2. The summed E-state index contributed by atoms with van der Waals surface area (Å²) in [5, 5.41) is 0.632. The number of aliphatic imine (C=N–C) groups is 1. The number of rotatable bonds is 7. The summed E-state index contributed by atoms with van der Waals surface area (Å²) in [6.45, 7) is 0. The molecule has 0 aliphatic heterocycles. The van der Waals surface area contributed by atoms with E-state index in [4.69, 9.17) is 10.5 Å². The molecule has 10 nitrogen and oxygen atoms in total. The van der Waals surface area contributed by atoms with E-state index in [0.717, 1.165) is 35.6 Å². The first-order valence-corrected chi connectivity index (χ1v) is 14.2. The average Bonchev–Trinajstić information content (AvgIpc) is 3.60. The van der Waals surface area contributed by atoms with E-state index in [-0.39, 0.29) is 28.7 Å². The van der Waals surface area contributed by atoms with Crippen molar-refractivity contribution in [1.82, 2.24) is 14.7 Å². The summed E-state index contributed by atoms with van der Waals surface area (Å²) in [6, 6.07) is 2.99. The molecular formula is C24H27N5O5S2. The zero-order chi connectivity index (χ0) is 25.3. The Labute approximate surface area is 212 Å².